The van der Waals surface area contributed by atoms with E-state index in [4.69, 9.17) is 10.2 Å². The number of anilines is 1. The highest BCUT2D eigenvalue weighted by Gasteiger charge is 2.17. The van der Waals surface area contributed by atoms with Crippen molar-refractivity contribution in [3.8, 4) is 0 Å². The number of fused-ring (bicyclic) bond motifs is 1. The molecule has 1 amide bonds. The van der Waals surface area contributed by atoms with Crippen molar-refractivity contribution in [2.24, 2.45) is 0 Å². The summed E-state index contributed by atoms with van der Waals surface area (Å²) in [6.45, 7) is 1.76. The summed E-state index contributed by atoms with van der Waals surface area (Å²) < 4.78 is 5.61. The zero-order valence-corrected chi connectivity index (χ0v) is 12.7. The molecule has 0 aliphatic carbocycles. The number of benzene rings is 1. The van der Waals surface area contributed by atoms with Crippen LogP contribution in [-0.2, 0) is 4.79 Å². The number of hydrogen-bond acceptors (Lipinski definition) is 5. The van der Waals surface area contributed by atoms with E-state index in [0.717, 1.165) is 31.4 Å². The van der Waals surface area contributed by atoms with Crippen molar-refractivity contribution in [1.29, 1.82) is 0 Å². The standard InChI is InChI=1S/C15H19N3O2S/c16-11-5-6-12-13(9-11)20-15(17-12)21-10-14(19)18-7-3-1-2-4-8-18/h5-6,9H,1-4,7-8,10,16H2. The van der Waals surface area contributed by atoms with Crippen LogP contribution in [0.15, 0.2) is 27.8 Å². The predicted octanol–water partition coefficient (Wildman–Crippen LogP) is 2.90. The Morgan fingerprint density at radius 2 is 2.05 bits per heavy atom. The summed E-state index contributed by atoms with van der Waals surface area (Å²) >= 11 is 1.35. The molecule has 21 heavy (non-hydrogen) atoms. The molecule has 2 aromatic rings. The third-order valence-electron chi connectivity index (χ3n) is 3.67. The van der Waals surface area contributed by atoms with Crippen molar-refractivity contribution in [3.63, 3.8) is 0 Å². The van der Waals surface area contributed by atoms with Gasteiger partial charge >= 0.3 is 0 Å². The van der Waals surface area contributed by atoms with Gasteiger partial charge in [0.25, 0.3) is 5.22 Å². The highest BCUT2D eigenvalue weighted by molar-refractivity contribution is 7.99. The molecule has 2 heterocycles. The van der Waals surface area contributed by atoms with Crippen LogP contribution in [-0.4, -0.2) is 34.6 Å². The molecular weight excluding hydrogens is 286 g/mol. The molecule has 1 fully saturated rings. The highest BCUT2D eigenvalue weighted by Crippen LogP contribution is 2.25. The SMILES string of the molecule is Nc1ccc2nc(SCC(=O)N3CCCCCC3)oc2c1. The second-order valence-electron chi connectivity index (χ2n) is 5.29. The van der Waals surface area contributed by atoms with Crippen molar-refractivity contribution >= 4 is 34.5 Å². The number of carbonyl (C=O) groups excluding carboxylic acids is 1. The van der Waals surface area contributed by atoms with E-state index in [2.05, 4.69) is 4.98 Å². The van der Waals surface area contributed by atoms with E-state index in [1.54, 1.807) is 12.1 Å². The number of likely N-dealkylation sites (tertiary alicyclic amines) is 1. The summed E-state index contributed by atoms with van der Waals surface area (Å²) in [5.74, 6) is 0.547. The van der Waals surface area contributed by atoms with Crippen molar-refractivity contribution in [1.82, 2.24) is 9.88 Å². The third-order valence-corrected chi connectivity index (χ3v) is 4.48. The van der Waals surface area contributed by atoms with E-state index in [1.165, 1.54) is 24.6 Å². The van der Waals surface area contributed by atoms with Crippen molar-refractivity contribution in [2.45, 2.75) is 30.9 Å². The molecule has 0 atom stereocenters. The maximum absolute atomic E-state index is 12.2. The Kier molecular flexibility index (Phi) is 4.34. The van der Waals surface area contributed by atoms with Gasteiger partial charge in [-0.3, -0.25) is 4.79 Å². The Hall–Kier alpha value is -1.69. The van der Waals surface area contributed by atoms with E-state index >= 15 is 0 Å². The fourth-order valence-electron chi connectivity index (χ4n) is 2.52. The lowest BCUT2D eigenvalue weighted by Gasteiger charge is -2.19. The minimum Gasteiger partial charge on any atom is -0.431 e. The number of oxazole rings is 1. The van der Waals surface area contributed by atoms with Crippen molar-refractivity contribution < 1.29 is 9.21 Å². The first-order valence-corrected chi connectivity index (χ1v) is 8.27. The zero-order chi connectivity index (χ0) is 14.7. The van der Waals surface area contributed by atoms with Crippen LogP contribution in [0, 0.1) is 0 Å². The number of amides is 1. The van der Waals surface area contributed by atoms with Gasteiger partial charge in [0.15, 0.2) is 5.58 Å². The van der Waals surface area contributed by atoms with Gasteiger partial charge in [0, 0.05) is 24.8 Å². The number of rotatable bonds is 3. The Bertz CT molecular complexity index is 633. The number of nitrogen functional groups attached to an aromatic ring is 1. The number of hydrogen-bond donors (Lipinski definition) is 1. The lowest BCUT2D eigenvalue weighted by Crippen LogP contribution is -2.33. The molecule has 1 aromatic carbocycles. The summed E-state index contributed by atoms with van der Waals surface area (Å²) in [4.78, 5) is 18.5. The van der Waals surface area contributed by atoms with Crippen LogP contribution in [0.2, 0.25) is 0 Å². The van der Waals surface area contributed by atoms with Gasteiger partial charge in [0.05, 0.1) is 5.75 Å². The molecule has 1 aliphatic heterocycles. The Morgan fingerprint density at radius 3 is 2.81 bits per heavy atom. The molecule has 0 radical (unpaired) electrons. The van der Waals surface area contributed by atoms with Crippen LogP contribution in [0.3, 0.4) is 0 Å². The van der Waals surface area contributed by atoms with Crippen LogP contribution >= 0.6 is 11.8 Å². The molecule has 5 nitrogen and oxygen atoms in total. The van der Waals surface area contributed by atoms with E-state index in [9.17, 15) is 4.79 Å². The zero-order valence-electron chi connectivity index (χ0n) is 11.9. The quantitative estimate of drug-likeness (QED) is 0.697. The van der Waals surface area contributed by atoms with E-state index < -0.39 is 0 Å². The first kappa shape index (κ1) is 14.3. The van der Waals surface area contributed by atoms with Gasteiger partial charge in [0.1, 0.15) is 5.52 Å². The fourth-order valence-corrected chi connectivity index (χ4v) is 3.26. The first-order chi connectivity index (χ1) is 10.2. The molecule has 6 heteroatoms. The molecular formula is C15H19N3O2S. The summed E-state index contributed by atoms with van der Waals surface area (Å²) in [6.07, 6.45) is 4.67. The Balaban J connectivity index is 1.61. The van der Waals surface area contributed by atoms with Gasteiger partial charge in [-0.2, -0.15) is 0 Å². The van der Waals surface area contributed by atoms with Gasteiger partial charge in [-0.05, 0) is 25.0 Å². The van der Waals surface area contributed by atoms with E-state index in [0.29, 0.717) is 22.2 Å². The molecule has 1 aliphatic rings. The molecule has 3 rings (SSSR count). The smallest absolute Gasteiger partial charge is 0.257 e. The lowest BCUT2D eigenvalue weighted by molar-refractivity contribution is -0.128. The molecule has 0 saturated carbocycles. The second-order valence-corrected chi connectivity index (χ2v) is 6.22. The number of nitrogens with two attached hydrogens (primary N) is 1. The minimum absolute atomic E-state index is 0.170. The van der Waals surface area contributed by atoms with Gasteiger partial charge in [-0.25, -0.2) is 4.98 Å². The second kappa shape index (κ2) is 6.39. The van der Waals surface area contributed by atoms with Gasteiger partial charge in [-0.1, -0.05) is 24.6 Å². The third kappa shape index (κ3) is 3.50. The molecule has 2 N–H and O–H groups in total. The van der Waals surface area contributed by atoms with Crippen LogP contribution in [0.1, 0.15) is 25.7 Å². The van der Waals surface area contributed by atoms with Gasteiger partial charge in [-0.15, -0.1) is 0 Å². The van der Waals surface area contributed by atoms with Crippen LogP contribution in [0.4, 0.5) is 5.69 Å². The van der Waals surface area contributed by atoms with Gasteiger partial charge in [0.2, 0.25) is 5.91 Å². The largest absolute Gasteiger partial charge is 0.431 e. The fraction of sp³-hybridized carbons (Fsp3) is 0.467. The van der Waals surface area contributed by atoms with E-state index in [1.807, 2.05) is 11.0 Å². The molecule has 1 aromatic heterocycles. The number of carbonyl (C=O) groups is 1. The Labute approximate surface area is 127 Å². The van der Waals surface area contributed by atoms with E-state index in [-0.39, 0.29) is 5.91 Å². The van der Waals surface area contributed by atoms with Crippen LogP contribution in [0.5, 0.6) is 0 Å². The van der Waals surface area contributed by atoms with Crippen LogP contribution < -0.4 is 5.73 Å². The average Bonchev–Trinajstić information content (AvgIpc) is 2.69. The van der Waals surface area contributed by atoms with Gasteiger partial charge < -0.3 is 15.1 Å². The highest BCUT2D eigenvalue weighted by atomic mass is 32.2. The molecule has 1 saturated heterocycles. The molecule has 0 unspecified atom stereocenters. The topological polar surface area (TPSA) is 72.4 Å². The maximum atomic E-state index is 12.2. The maximum Gasteiger partial charge on any atom is 0.257 e. The predicted molar refractivity (Wildman–Crippen MR) is 84.2 cm³/mol. The molecule has 0 spiro atoms. The summed E-state index contributed by atoms with van der Waals surface area (Å²) in [5.41, 5.74) is 7.80. The summed E-state index contributed by atoms with van der Waals surface area (Å²) in [5, 5.41) is 0.527. The number of nitrogens with zero attached hydrogens (tertiary/aromatic N) is 2. The molecule has 112 valence electrons. The minimum atomic E-state index is 0.170. The number of aromatic nitrogens is 1. The lowest BCUT2D eigenvalue weighted by atomic mass is 10.2. The normalized spacial score (nSPS) is 16.1. The monoisotopic (exact) mass is 305 g/mol. The first-order valence-electron chi connectivity index (χ1n) is 7.29. The Morgan fingerprint density at radius 1 is 1.29 bits per heavy atom. The molecule has 0 bridgehead atoms. The average molecular weight is 305 g/mol. The number of thioether (sulfide) groups is 1. The van der Waals surface area contributed by atoms with Crippen molar-refractivity contribution in [2.75, 3.05) is 24.6 Å². The van der Waals surface area contributed by atoms with Crippen molar-refractivity contribution in [3.05, 3.63) is 18.2 Å². The summed E-state index contributed by atoms with van der Waals surface area (Å²) in [7, 11) is 0. The summed E-state index contributed by atoms with van der Waals surface area (Å²) in [6, 6.07) is 5.37. The van der Waals surface area contributed by atoms with Crippen LogP contribution in [0.25, 0.3) is 11.1 Å².